The third kappa shape index (κ3) is 7.93. The van der Waals surface area contributed by atoms with E-state index in [4.69, 9.17) is 19.4 Å². The Labute approximate surface area is 178 Å². The van der Waals surface area contributed by atoms with Crippen molar-refractivity contribution in [1.82, 2.24) is 10.6 Å². The fraction of sp³-hybridized carbons (Fsp3) is 0.636. The second-order valence-corrected chi connectivity index (χ2v) is 7.76. The molecule has 1 aromatic rings. The summed E-state index contributed by atoms with van der Waals surface area (Å²) in [4.78, 5) is 21.0. The molecule has 1 heterocycles. The van der Waals surface area contributed by atoms with Gasteiger partial charge in [0.05, 0.1) is 6.10 Å². The van der Waals surface area contributed by atoms with Crippen LogP contribution in [0.4, 0.5) is 0 Å². The number of benzene rings is 1. The summed E-state index contributed by atoms with van der Waals surface area (Å²) in [6, 6.07) is 7.81. The van der Waals surface area contributed by atoms with Crippen molar-refractivity contribution in [1.29, 1.82) is 0 Å². The van der Waals surface area contributed by atoms with Crippen LogP contribution in [-0.2, 0) is 25.5 Å². The molecule has 3 atom stereocenters. The van der Waals surface area contributed by atoms with E-state index < -0.39 is 0 Å². The predicted molar refractivity (Wildman–Crippen MR) is 112 cm³/mol. The van der Waals surface area contributed by atoms with Crippen LogP contribution in [0.5, 0.6) is 5.75 Å². The van der Waals surface area contributed by atoms with E-state index in [2.05, 4.69) is 10.6 Å². The monoisotopic (exact) mass is 422 g/mol. The Balaban J connectivity index is 0.00000101. The number of aromatic hydroxyl groups is 1. The Hall–Kier alpha value is -2.16. The molecule has 0 spiro atoms. The van der Waals surface area contributed by atoms with Gasteiger partial charge in [-0.25, -0.2) is 0 Å². The van der Waals surface area contributed by atoms with Crippen LogP contribution < -0.4 is 10.6 Å². The Morgan fingerprint density at radius 3 is 2.50 bits per heavy atom. The first-order valence-electron chi connectivity index (χ1n) is 10.6. The molecule has 168 valence electrons. The topological polar surface area (TPSA) is 117 Å². The van der Waals surface area contributed by atoms with Crippen molar-refractivity contribution >= 4 is 12.4 Å². The number of nitrogens with one attached hydrogen (secondary N) is 2. The molecule has 8 nitrogen and oxygen atoms in total. The van der Waals surface area contributed by atoms with Gasteiger partial charge in [0.25, 0.3) is 6.47 Å². The molecule has 0 radical (unpaired) electrons. The molecular formula is C22H34N2O6. The van der Waals surface area contributed by atoms with Crippen LogP contribution in [0.15, 0.2) is 24.3 Å². The number of ether oxygens (including phenoxy) is 2. The van der Waals surface area contributed by atoms with E-state index in [0.29, 0.717) is 12.6 Å². The standard InChI is InChI=1S/C21H32N2O4.CH2O2/c1-26-20-7-4-16(14-19(20)23-17-9-12-27-13-10-17)21(25)22-11-8-15-2-5-18(24)6-3-15;2-1-3/h2-3,5-6,16-17,19-20,23-24H,4,7-14H2,1H3,(H,22,25);1H,(H,2,3)/t16-,19+,20+;/m0./s1. The van der Waals surface area contributed by atoms with Crippen molar-refractivity contribution in [3.8, 4) is 5.75 Å². The molecule has 0 aromatic heterocycles. The zero-order chi connectivity index (χ0) is 21.8. The van der Waals surface area contributed by atoms with Gasteiger partial charge < -0.3 is 30.3 Å². The van der Waals surface area contributed by atoms with Crippen LogP contribution in [-0.4, -0.2) is 67.6 Å². The van der Waals surface area contributed by atoms with Crippen LogP contribution in [0.25, 0.3) is 0 Å². The summed E-state index contributed by atoms with van der Waals surface area (Å²) in [5.74, 6) is 0.441. The van der Waals surface area contributed by atoms with Crippen molar-refractivity contribution < 1.29 is 29.3 Å². The van der Waals surface area contributed by atoms with Gasteiger partial charge in [-0.2, -0.15) is 0 Å². The van der Waals surface area contributed by atoms with Gasteiger partial charge in [-0.15, -0.1) is 0 Å². The number of phenols is 1. The third-order valence-electron chi connectivity index (χ3n) is 5.78. The summed E-state index contributed by atoms with van der Waals surface area (Å²) in [6.45, 7) is 1.98. The minimum Gasteiger partial charge on any atom is -0.508 e. The van der Waals surface area contributed by atoms with Crippen LogP contribution in [0.2, 0.25) is 0 Å². The Bertz CT molecular complexity index is 633. The average Bonchev–Trinajstić information content (AvgIpc) is 2.76. The minimum absolute atomic E-state index is 0.0357. The van der Waals surface area contributed by atoms with Gasteiger partial charge in [0.1, 0.15) is 5.75 Å². The molecule has 1 aromatic carbocycles. The van der Waals surface area contributed by atoms with Crippen LogP contribution in [0.1, 0.15) is 37.7 Å². The molecule has 2 fully saturated rings. The van der Waals surface area contributed by atoms with Crippen molar-refractivity contribution in [2.45, 2.75) is 56.7 Å². The zero-order valence-electron chi connectivity index (χ0n) is 17.6. The highest BCUT2D eigenvalue weighted by molar-refractivity contribution is 5.78. The number of rotatable bonds is 7. The molecule has 2 aliphatic rings. The van der Waals surface area contributed by atoms with E-state index in [1.807, 2.05) is 12.1 Å². The average molecular weight is 423 g/mol. The molecule has 1 saturated heterocycles. The van der Waals surface area contributed by atoms with Crippen LogP contribution in [0, 0.1) is 5.92 Å². The summed E-state index contributed by atoms with van der Waals surface area (Å²) in [5, 5.41) is 23.0. The van der Waals surface area contributed by atoms with E-state index in [9.17, 15) is 9.90 Å². The molecule has 1 amide bonds. The number of methoxy groups -OCH3 is 1. The highest BCUT2D eigenvalue weighted by atomic mass is 16.5. The van der Waals surface area contributed by atoms with Crippen molar-refractivity contribution in [3.63, 3.8) is 0 Å². The first-order chi connectivity index (χ1) is 14.6. The van der Waals surface area contributed by atoms with E-state index in [1.165, 1.54) is 0 Å². The van der Waals surface area contributed by atoms with E-state index in [-0.39, 0.29) is 36.2 Å². The van der Waals surface area contributed by atoms with Crippen LogP contribution in [0.3, 0.4) is 0 Å². The van der Waals surface area contributed by atoms with Crippen LogP contribution >= 0.6 is 0 Å². The number of amides is 1. The number of hydrogen-bond acceptors (Lipinski definition) is 6. The summed E-state index contributed by atoms with van der Waals surface area (Å²) < 4.78 is 11.1. The highest BCUT2D eigenvalue weighted by Gasteiger charge is 2.35. The molecule has 4 N–H and O–H groups in total. The van der Waals surface area contributed by atoms with Gasteiger partial charge >= 0.3 is 0 Å². The highest BCUT2D eigenvalue weighted by Crippen LogP contribution is 2.28. The lowest BCUT2D eigenvalue weighted by atomic mass is 9.82. The fourth-order valence-electron chi connectivity index (χ4n) is 4.14. The second-order valence-electron chi connectivity index (χ2n) is 7.76. The molecular weight excluding hydrogens is 388 g/mol. The van der Waals surface area contributed by atoms with Crippen molar-refractivity contribution in [2.24, 2.45) is 5.92 Å². The first kappa shape index (κ1) is 24.1. The Kier molecular flexibility index (Phi) is 10.6. The Morgan fingerprint density at radius 2 is 1.87 bits per heavy atom. The lowest BCUT2D eigenvalue weighted by molar-refractivity contribution is -0.127. The second kappa shape index (κ2) is 13.2. The third-order valence-corrected chi connectivity index (χ3v) is 5.78. The molecule has 1 aliphatic carbocycles. The lowest BCUT2D eigenvalue weighted by Crippen LogP contribution is -2.52. The molecule has 3 rings (SSSR count). The van der Waals surface area contributed by atoms with Gasteiger partial charge in [0.2, 0.25) is 5.91 Å². The van der Waals surface area contributed by atoms with E-state index >= 15 is 0 Å². The summed E-state index contributed by atoms with van der Waals surface area (Å²) in [6.07, 6.45) is 5.59. The Morgan fingerprint density at radius 1 is 1.20 bits per heavy atom. The number of phenolic OH excluding ortho intramolecular Hbond substituents is 1. The van der Waals surface area contributed by atoms with Crippen molar-refractivity contribution in [2.75, 3.05) is 26.9 Å². The number of carboxylic acid groups (broad SMARTS) is 1. The maximum absolute atomic E-state index is 12.6. The molecule has 8 heteroatoms. The predicted octanol–water partition coefficient (Wildman–Crippen LogP) is 1.70. The largest absolute Gasteiger partial charge is 0.508 e. The maximum atomic E-state index is 12.6. The number of carbonyl (C=O) groups excluding carboxylic acids is 1. The van der Waals surface area contributed by atoms with Gasteiger partial charge in [-0.1, -0.05) is 12.1 Å². The molecule has 0 bridgehead atoms. The lowest BCUT2D eigenvalue weighted by Gasteiger charge is -2.38. The quantitative estimate of drug-likeness (QED) is 0.494. The maximum Gasteiger partial charge on any atom is 0.290 e. The van der Waals surface area contributed by atoms with Gasteiger partial charge in [0.15, 0.2) is 0 Å². The molecule has 0 unspecified atom stereocenters. The molecule has 1 saturated carbocycles. The summed E-state index contributed by atoms with van der Waals surface area (Å²) >= 11 is 0. The summed E-state index contributed by atoms with van der Waals surface area (Å²) in [5.41, 5.74) is 1.11. The smallest absolute Gasteiger partial charge is 0.290 e. The number of hydrogen-bond donors (Lipinski definition) is 4. The van der Waals surface area contributed by atoms with E-state index in [0.717, 1.165) is 57.3 Å². The molecule has 30 heavy (non-hydrogen) atoms. The van der Waals surface area contributed by atoms with E-state index in [1.54, 1.807) is 19.2 Å². The number of carbonyl (C=O) groups is 2. The summed E-state index contributed by atoms with van der Waals surface area (Å²) in [7, 11) is 1.77. The first-order valence-corrected chi connectivity index (χ1v) is 10.6. The zero-order valence-corrected chi connectivity index (χ0v) is 17.6. The normalized spacial score (nSPS) is 24.4. The minimum atomic E-state index is -0.250. The molecule has 1 aliphatic heterocycles. The van der Waals surface area contributed by atoms with Gasteiger partial charge in [-0.05, 0) is 56.2 Å². The van der Waals surface area contributed by atoms with Crippen molar-refractivity contribution in [3.05, 3.63) is 29.8 Å². The fourth-order valence-corrected chi connectivity index (χ4v) is 4.14. The van der Waals surface area contributed by atoms with Gasteiger partial charge in [-0.3, -0.25) is 9.59 Å². The SMILES string of the molecule is CO[C@@H]1CC[C@H](C(=O)NCCc2ccc(O)cc2)C[C@H]1NC1CCOCC1.O=CO. The van der Waals surface area contributed by atoms with Gasteiger partial charge in [0, 0.05) is 44.9 Å².